The Morgan fingerprint density at radius 2 is 1.92 bits per heavy atom. The van der Waals surface area contributed by atoms with Gasteiger partial charge < -0.3 is 15.8 Å². The topological polar surface area (TPSA) is 64.3 Å². The number of fused-ring (bicyclic) bond motifs is 1. The Labute approximate surface area is 147 Å². The summed E-state index contributed by atoms with van der Waals surface area (Å²) in [6, 6.07) is 13.1. The molecule has 24 heavy (non-hydrogen) atoms. The third-order valence-corrected chi connectivity index (χ3v) is 4.64. The Morgan fingerprint density at radius 3 is 2.58 bits per heavy atom. The van der Waals surface area contributed by atoms with Crippen molar-refractivity contribution in [1.82, 2.24) is 5.32 Å². The van der Waals surface area contributed by atoms with Crippen LogP contribution in [0.5, 0.6) is 5.75 Å². The first-order chi connectivity index (χ1) is 11.6. The van der Waals surface area contributed by atoms with E-state index in [0.717, 1.165) is 30.6 Å². The van der Waals surface area contributed by atoms with Gasteiger partial charge in [-0.25, -0.2) is 0 Å². The lowest BCUT2D eigenvalue weighted by atomic mass is 9.87. The van der Waals surface area contributed by atoms with E-state index in [-0.39, 0.29) is 11.9 Å². The van der Waals surface area contributed by atoms with Crippen molar-refractivity contribution in [3.05, 3.63) is 64.7 Å². The van der Waals surface area contributed by atoms with E-state index in [1.807, 2.05) is 12.1 Å². The molecule has 4 nitrogen and oxygen atoms in total. The van der Waals surface area contributed by atoms with Crippen LogP contribution in [0.3, 0.4) is 0 Å². The standard InChI is InChI=1S/C19H20N2O2S/c1-23-15-9-10-16-14(11-15)3-2-4-17(16)21-19(22)13-7-5-12(6-8-13)18(20)24/h5-11,17H,2-4H2,1H3,(H2,20,24)(H,21,22)/t17-/m0/s1. The van der Waals surface area contributed by atoms with Crippen molar-refractivity contribution in [3.8, 4) is 5.75 Å². The molecule has 0 saturated heterocycles. The summed E-state index contributed by atoms with van der Waals surface area (Å²) in [7, 11) is 1.67. The summed E-state index contributed by atoms with van der Waals surface area (Å²) < 4.78 is 5.29. The van der Waals surface area contributed by atoms with Crippen LogP contribution >= 0.6 is 12.2 Å². The van der Waals surface area contributed by atoms with Crippen LogP contribution in [0.25, 0.3) is 0 Å². The molecule has 1 amide bonds. The molecule has 0 unspecified atom stereocenters. The molecule has 0 saturated carbocycles. The number of ether oxygens (including phenoxy) is 1. The summed E-state index contributed by atoms with van der Waals surface area (Å²) in [6.45, 7) is 0. The lowest BCUT2D eigenvalue weighted by molar-refractivity contribution is 0.0933. The average molecular weight is 340 g/mol. The zero-order chi connectivity index (χ0) is 17.1. The van der Waals surface area contributed by atoms with Crippen LogP contribution in [0.1, 0.15) is 45.9 Å². The van der Waals surface area contributed by atoms with Gasteiger partial charge in [0.25, 0.3) is 5.91 Å². The predicted octanol–water partition coefficient (Wildman–Crippen LogP) is 3.14. The number of carbonyl (C=O) groups is 1. The highest BCUT2D eigenvalue weighted by molar-refractivity contribution is 7.80. The van der Waals surface area contributed by atoms with Gasteiger partial charge in [-0.05, 0) is 54.7 Å². The number of rotatable bonds is 4. The summed E-state index contributed by atoms with van der Waals surface area (Å²) in [4.78, 5) is 12.9. The number of nitrogens with two attached hydrogens (primary N) is 1. The van der Waals surface area contributed by atoms with Gasteiger partial charge in [0.05, 0.1) is 13.2 Å². The molecule has 0 aromatic heterocycles. The van der Waals surface area contributed by atoms with Crippen molar-refractivity contribution in [1.29, 1.82) is 0 Å². The second kappa shape index (κ2) is 7.01. The molecule has 5 heteroatoms. The van der Waals surface area contributed by atoms with E-state index in [4.69, 9.17) is 22.7 Å². The zero-order valence-electron chi connectivity index (χ0n) is 13.5. The molecular weight excluding hydrogens is 320 g/mol. The minimum absolute atomic E-state index is 0.0300. The van der Waals surface area contributed by atoms with E-state index in [1.165, 1.54) is 11.1 Å². The average Bonchev–Trinajstić information content (AvgIpc) is 2.61. The maximum atomic E-state index is 12.5. The van der Waals surface area contributed by atoms with Gasteiger partial charge in [0.1, 0.15) is 10.7 Å². The molecule has 2 aromatic rings. The first-order valence-electron chi connectivity index (χ1n) is 7.96. The third kappa shape index (κ3) is 3.41. The van der Waals surface area contributed by atoms with Crippen LogP contribution in [0, 0.1) is 0 Å². The van der Waals surface area contributed by atoms with Crippen molar-refractivity contribution in [3.63, 3.8) is 0 Å². The Hall–Kier alpha value is -2.40. The summed E-state index contributed by atoms with van der Waals surface area (Å²) in [5, 5.41) is 3.13. The largest absolute Gasteiger partial charge is 0.497 e. The van der Waals surface area contributed by atoms with Gasteiger partial charge in [0.2, 0.25) is 0 Å². The van der Waals surface area contributed by atoms with E-state index in [2.05, 4.69) is 11.4 Å². The van der Waals surface area contributed by atoms with E-state index >= 15 is 0 Å². The summed E-state index contributed by atoms with van der Waals surface area (Å²) in [5.41, 5.74) is 9.38. The van der Waals surface area contributed by atoms with Crippen LogP contribution in [0.4, 0.5) is 0 Å². The molecule has 1 aliphatic carbocycles. The fraction of sp³-hybridized carbons (Fsp3) is 0.263. The van der Waals surface area contributed by atoms with E-state index < -0.39 is 0 Å². The Balaban J connectivity index is 1.77. The third-order valence-electron chi connectivity index (χ3n) is 4.40. The minimum Gasteiger partial charge on any atom is -0.497 e. The lowest BCUT2D eigenvalue weighted by Gasteiger charge is -2.27. The number of amides is 1. The Morgan fingerprint density at radius 1 is 1.21 bits per heavy atom. The van der Waals surface area contributed by atoms with Crippen LogP contribution in [0.2, 0.25) is 0 Å². The summed E-state index contributed by atoms with van der Waals surface area (Å²) in [5.74, 6) is 0.771. The summed E-state index contributed by atoms with van der Waals surface area (Å²) >= 11 is 4.93. The number of carbonyl (C=O) groups excluding carboxylic acids is 1. The van der Waals surface area contributed by atoms with Crippen LogP contribution in [0.15, 0.2) is 42.5 Å². The van der Waals surface area contributed by atoms with Gasteiger partial charge in [-0.2, -0.15) is 0 Å². The van der Waals surface area contributed by atoms with Crippen molar-refractivity contribution in [2.75, 3.05) is 7.11 Å². The molecule has 3 N–H and O–H groups in total. The van der Waals surface area contributed by atoms with Crippen LogP contribution in [-0.4, -0.2) is 18.0 Å². The maximum Gasteiger partial charge on any atom is 0.251 e. The number of aryl methyl sites for hydroxylation is 1. The highest BCUT2D eigenvalue weighted by Gasteiger charge is 2.22. The molecule has 0 fully saturated rings. The van der Waals surface area contributed by atoms with Crippen molar-refractivity contribution in [2.45, 2.75) is 25.3 Å². The molecule has 1 atom stereocenters. The SMILES string of the molecule is COc1ccc2c(c1)CCC[C@@H]2NC(=O)c1ccc(C(N)=S)cc1. The Kier molecular flexibility index (Phi) is 4.81. The quantitative estimate of drug-likeness (QED) is 0.839. The molecule has 0 bridgehead atoms. The first kappa shape index (κ1) is 16.5. The van der Waals surface area contributed by atoms with Gasteiger partial charge in [0, 0.05) is 11.1 Å². The molecule has 0 aliphatic heterocycles. The van der Waals surface area contributed by atoms with Gasteiger partial charge in [0.15, 0.2) is 0 Å². The molecule has 3 rings (SSSR count). The van der Waals surface area contributed by atoms with E-state index in [1.54, 1.807) is 31.4 Å². The molecule has 124 valence electrons. The van der Waals surface area contributed by atoms with Crippen LogP contribution in [-0.2, 0) is 6.42 Å². The van der Waals surface area contributed by atoms with E-state index in [9.17, 15) is 4.79 Å². The van der Waals surface area contributed by atoms with Gasteiger partial charge in [-0.1, -0.05) is 30.4 Å². The Bertz CT molecular complexity index is 771. The summed E-state index contributed by atoms with van der Waals surface area (Å²) in [6.07, 6.45) is 3.00. The van der Waals surface area contributed by atoms with Crippen molar-refractivity contribution < 1.29 is 9.53 Å². The van der Waals surface area contributed by atoms with Gasteiger partial charge in [-0.15, -0.1) is 0 Å². The van der Waals surface area contributed by atoms with E-state index in [0.29, 0.717) is 10.6 Å². The fourth-order valence-corrected chi connectivity index (χ4v) is 3.23. The lowest BCUT2D eigenvalue weighted by Crippen LogP contribution is -2.31. The van der Waals surface area contributed by atoms with Crippen molar-refractivity contribution in [2.24, 2.45) is 5.73 Å². The van der Waals surface area contributed by atoms with Crippen molar-refractivity contribution >= 4 is 23.1 Å². The first-order valence-corrected chi connectivity index (χ1v) is 8.37. The second-order valence-corrected chi connectivity index (χ2v) is 6.36. The highest BCUT2D eigenvalue weighted by Crippen LogP contribution is 2.32. The smallest absolute Gasteiger partial charge is 0.251 e. The molecule has 2 aromatic carbocycles. The van der Waals surface area contributed by atoms with Gasteiger partial charge >= 0.3 is 0 Å². The molecule has 0 heterocycles. The minimum atomic E-state index is -0.0850. The monoisotopic (exact) mass is 340 g/mol. The zero-order valence-corrected chi connectivity index (χ0v) is 14.4. The van der Waals surface area contributed by atoms with Gasteiger partial charge in [-0.3, -0.25) is 4.79 Å². The number of methoxy groups -OCH3 is 1. The number of hydrogen-bond donors (Lipinski definition) is 2. The normalized spacial score (nSPS) is 16.1. The predicted molar refractivity (Wildman–Crippen MR) is 98.5 cm³/mol. The molecular formula is C19H20N2O2S. The second-order valence-electron chi connectivity index (χ2n) is 5.92. The number of benzene rings is 2. The molecule has 0 spiro atoms. The number of nitrogens with one attached hydrogen (secondary N) is 1. The molecule has 0 radical (unpaired) electrons. The molecule has 1 aliphatic rings. The van der Waals surface area contributed by atoms with Crippen LogP contribution < -0.4 is 15.8 Å². The number of thiocarbonyl (C=S) groups is 1. The number of hydrogen-bond acceptors (Lipinski definition) is 3. The highest BCUT2D eigenvalue weighted by atomic mass is 32.1. The fourth-order valence-electron chi connectivity index (χ4n) is 3.10. The maximum absolute atomic E-state index is 12.5.